The number of thiazole rings is 1. The Morgan fingerprint density at radius 2 is 1.70 bits per heavy atom. The molecule has 0 radical (unpaired) electrons. The van der Waals surface area contributed by atoms with Crippen molar-refractivity contribution in [2.24, 2.45) is 0 Å². The van der Waals surface area contributed by atoms with Crippen LogP contribution < -0.4 is 15.1 Å². The minimum atomic E-state index is -0.398. The van der Waals surface area contributed by atoms with Gasteiger partial charge < -0.3 is 13.9 Å². The van der Waals surface area contributed by atoms with Crippen molar-refractivity contribution in [1.82, 2.24) is 4.98 Å². The van der Waals surface area contributed by atoms with E-state index >= 15 is 0 Å². The number of fused-ring (bicyclic) bond motifs is 1. The zero-order chi connectivity index (χ0) is 18.6. The van der Waals surface area contributed by atoms with Crippen LogP contribution in [0.2, 0.25) is 0 Å². The largest absolute Gasteiger partial charge is 0.487 e. The first kappa shape index (κ1) is 17.2. The van der Waals surface area contributed by atoms with Gasteiger partial charge in [0.2, 0.25) is 0 Å². The smallest absolute Gasteiger partial charge is 0.336 e. The Morgan fingerprint density at radius 3 is 2.56 bits per heavy atom. The fraction of sp³-hybridized carbons (Fsp3) is 0.100. The quantitative estimate of drug-likeness (QED) is 0.457. The van der Waals surface area contributed by atoms with E-state index in [-0.39, 0.29) is 12.4 Å². The molecule has 27 heavy (non-hydrogen) atoms. The molecule has 4 rings (SSSR count). The number of nitrogens with zero attached hydrogens (tertiary/aromatic N) is 1. The van der Waals surface area contributed by atoms with Crippen LogP contribution in [-0.4, -0.2) is 4.98 Å². The maximum Gasteiger partial charge on any atom is 0.336 e. The highest BCUT2D eigenvalue weighted by atomic mass is 32.1. The van der Waals surface area contributed by atoms with Crippen molar-refractivity contribution in [2.75, 3.05) is 0 Å². The van der Waals surface area contributed by atoms with E-state index in [1.807, 2.05) is 17.5 Å². The van der Waals surface area contributed by atoms with Crippen molar-refractivity contribution in [2.45, 2.75) is 13.2 Å². The summed E-state index contributed by atoms with van der Waals surface area (Å²) in [6.07, 6.45) is 0. The standard InChI is InChI=1S/C20H14FNO4S/c21-14-3-6-16(7-4-14)25-11-19-22-15(12-27-19)10-24-17-5-1-13-2-8-20(23)26-18(13)9-17/h1-9,12H,10-11H2. The van der Waals surface area contributed by atoms with E-state index in [2.05, 4.69) is 4.98 Å². The second-order valence-corrected chi connectivity index (χ2v) is 6.66. The van der Waals surface area contributed by atoms with Gasteiger partial charge >= 0.3 is 5.63 Å². The summed E-state index contributed by atoms with van der Waals surface area (Å²) in [4.78, 5) is 15.8. The van der Waals surface area contributed by atoms with E-state index in [0.717, 1.165) is 16.1 Å². The third kappa shape index (κ3) is 4.32. The minimum Gasteiger partial charge on any atom is -0.487 e. The highest BCUT2D eigenvalue weighted by Gasteiger charge is 2.06. The zero-order valence-corrected chi connectivity index (χ0v) is 14.9. The van der Waals surface area contributed by atoms with Crippen LogP contribution in [0.25, 0.3) is 11.0 Å². The topological polar surface area (TPSA) is 61.6 Å². The van der Waals surface area contributed by atoms with Crippen molar-refractivity contribution in [1.29, 1.82) is 0 Å². The van der Waals surface area contributed by atoms with E-state index in [1.165, 1.54) is 29.5 Å². The molecule has 0 aliphatic heterocycles. The van der Waals surface area contributed by atoms with Gasteiger partial charge in [0, 0.05) is 22.9 Å². The Balaban J connectivity index is 1.36. The van der Waals surface area contributed by atoms with E-state index in [9.17, 15) is 9.18 Å². The summed E-state index contributed by atoms with van der Waals surface area (Å²) in [7, 11) is 0. The van der Waals surface area contributed by atoms with Crippen LogP contribution >= 0.6 is 11.3 Å². The van der Waals surface area contributed by atoms with Gasteiger partial charge in [0.05, 0.1) is 5.69 Å². The van der Waals surface area contributed by atoms with Crippen LogP contribution in [0.1, 0.15) is 10.7 Å². The number of hydrogen-bond donors (Lipinski definition) is 0. The molecule has 0 atom stereocenters. The molecule has 7 heteroatoms. The number of halogens is 1. The molecular formula is C20H14FNO4S. The molecular weight excluding hydrogens is 369 g/mol. The van der Waals surface area contributed by atoms with Crippen molar-refractivity contribution < 1.29 is 18.3 Å². The molecule has 2 heterocycles. The molecule has 4 aromatic rings. The summed E-state index contributed by atoms with van der Waals surface area (Å²) < 4.78 is 29.3. The van der Waals surface area contributed by atoms with Crippen molar-refractivity contribution in [3.63, 3.8) is 0 Å². The number of hydrogen-bond acceptors (Lipinski definition) is 6. The number of benzene rings is 2. The Morgan fingerprint density at radius 1 is 0.963 bits per heavy atom. The number of rotatable bonds is 6. The van der Waals surface area contributed by atoms with Crippen LogP contribution in [0.15, 0.2) is 69.2 Å². The van der Waals surface area contributed by atoms with E-state index < -0.39 is 5.63 Å². The lowest BCUT2D eigenvalue weighted by Crippen LogP contribution is -1.99. The van der Waals surface area contributed by atoms with Crippen LogP contribution in [0.4, 0.5) is 4.39 Å². The molecule has 0 fully saturated rings. The normalized spacial score (nSPS) is 10.9. The lowest BCUT2D eigenvalue weighted by atomic mass is 10.2. The Kier molecular flexibility index (Phi) is 4.84. The first-order valence-corrected chi connectivity index (χ1v) is 9.02. The van der Waals surface area contributed by atoms with Gasteiger partial charge in [0.25, 0.3) is 0 Å². The van der Waals surface area contributed by atoms with Crippen molar-refractivity contribution >= 4 is 22.3 Å². The average Bonchev–Trinajstić information content (AvgIpc) is 3.13. The molecule has 2 aromatic carbocycles. The molecule has 0 spiro atoms. The first-order valence-electron chi connectivity index (χ1n) is 8.14. The summed E-state index contributed by atoms with van der Waals surface area (Å²) in [5, 5.41) is 3.52. The summed E-state index contributed by atoms with van der Waals surface area (Å²) in [5.41, 5.74) is 0.851. The van der Waals surface area contributed by atoms with Gasteiger partial charge in [-0.1, -0.05) is 0 Å². The fourth-order valence-corrected chi connectivity index (χ4v) is 3.14. The zero-order valence-electron chi connectivity index (χ0n) is 14.1. The van der Waals surface area contributed by atoms with E-state index in [1.54, 1.807) is 24.3 Å². The van der Waals surface area contributed by atoms with Gasteiger partial charge in [-0.05, 0) is 42.5 Å². The number of ether oxygens (including phenoxy) is 2. The minimum absolute atomic E-state index is 0.287. The molecule has 0 aliphatic rings. The Bertz CT molecular complexity index is 1120. The highest BCUT2D eigenvalue weighted by Crippen LogP contribution is 2.21. The van der Waals surface area contributed by atoms with Gasteiger partial charge in [-0.15, -0.1) is 11.3 Å². The molecule has 0 unspecified atom stereocenters. The molecule has 136 valence electrons. The maximum atomic E-state index is 12.9. The molecule has 0 saturated carbocycles. The van der Waals surface area contributed by atoms with E-state index in [4.69, 9.17) is 13.9 Å². The van der Waals surface area contributed by atoms with Gasteiger partial charge in [-0.25, -0.2) is 14.2 Å². The average molecular weight is 383 g/mol. The molecule has 0 bridgehead atoms. The molecule has 2 aromatic heterocycles. The van der Waals surface area contributed by atoms with E-state index in [0.29, 0.717) is 23.7 Å². The SMILES string of the molecule is O=c1ccc2ccc(OCc3csc(COc4ccc(F)cc4)n3)cc2o1. The Hall–Kier alpha value is -3.19. The van der Waals surface area contributed by atoms with Crippen LogP contribution in [-0.2, 0) is 13.2 Å². The summed E-state index contributed by atoms with van der Waals surface area (Å²) in [6.45, 7) is 0.590. The van der Waals surface area contributed by atoms with Crippen LogP contribution in [0.3, 0.4) is 0 Å². The summed E-state index contributed by atoms with van der Waals surface area (Å²) in [5.74, 6) is 0.875. The predicted molar refractivity (Wildman–Crippen MR) is 99.7 cm³/mol. The van der Waals surface area contributed by atoms with Crippen molar-refractivity contribution in [3.05, 3.63) is 86.9 Å². The summed E-state index contributed by atoms with van der Waals surface area (Å²) in [6, 6.07) is 14.3. The first-order chi connectivity index (χ1) is 13.2. The molecule has 0 N–H and O–H groups in total. The highest BCUT2D eigenvalue weighted by molar-refractivity contribution is 7.09. The van der Waals surface area contributed by atoms with Gasteiger partial charge in [-0.2, -0.15) is 0 Å². The van der Waals surface area contributed by atoms with Gasteiger partial charge in [-0.3, -0.25) is 0 Å². The second-order valence-electron chi connectivity index (χ2n) is 5.72. The second kappa shape index (κ2) is 7.59. The van der Waals surface area contributed by atoms with Crippen molar-refractivity contribution in [3.8, 4) is 11.5 Å². The molecule has 5 nitrogen and oxygen atoms in total. The fourth-order valence-electron chi connectivity index (χ4n) is 2.45. The van der Waals surface area contributed by atoms with Gasteiger partial charge in [0.15, 0.2) is 0 Å². The Labute approximate surface area is 157 Å². The van der Waals surface area contributed by atoms with Gasteiger partial charge in [0.1, 0.15) is 41.1 Å². The van der Waals surface area contributed by atoms with Crippen LogP contribution in [0.5, 0.6) is 11.5 Å². The van der Waals surface area contributed by atoms with Crippen LogP contribution in [0, 0.1) is 5.82 Å². The monoisotopic (exact) mass is 383 g/mol. The third-order valence-corrected chi connectivity index (χ3v) is 4.63. The molecule has 0 saturated heterocycles. The lowest BCUT2D eigenvalue weighted by Gasteiger charge is -2.05. The lowest BCUT2D eigenvalue weighted by molar-refractivity contribution is 0.294. The summed E-state index contributed by atoms with van der Waals surface area (Å²) >= 11 is 1.46. The number of aromatic nitrogens is 1. The molecule has 0 amide bonds. The predicted octanol–water partition coefficient (Wildman–Crippen LogP) is 4.55. The molecule has 0 aliphatic carbocycles. The third-order valence-electron chi connectivity index (χ3n) is 3.76. The maximum absolute atomic E-state index is 12.9.